The Labute approximate surface area is 186 Å². The average molecular weight is 450 g/mol. The Morgan fingerprint density at radius 3 is 2.75 bits per heavy atom. The number of nitrogens with two attached hydrogens (primary N) is 1. The number of rotatable bonds is 8. The molecular weight excluding hydrogens is 432 g/mol. The van der Waals surface area contributed by atoms with Crippen molar-refractivity contribution in [2.24, 2.45) is 5.10 Å². The van der Waals surface area contributed by atoms with Crippen LogP contribution in [-0.2, 0) is 5.75 Å². The van der Waals surface area contributed by atoms with Crippen molar-refractivity contribution in [1.29, 1.82) is 0 Å². The van der Waals surface area contributed by atoms with Crippen molar-refractivity contribution < 1.29 is 14.2 Å². The molecule has 0 saturated heterocycles. The number of nitrogens with one attached hydrogen (secondary N) is 1. The van der Waals surface area contributed by atoms with Crippen LogP contribution in [-0.4, -0.2) is 44.5 Å². The van der Waals surface area contributed by atoms with Crippen LogP contribution in [0, 0.1) is 0 Å². The summed E-state index contributed by atoms with van der Waals surface area (Å²) in [7, 11) is 1.56. The smallest absolute Gasteiger partial charge is 0.293 e. The van der Waals surface area contributed by atoms with Gasteiger partial charge in [-0.25, -0.2) is 10.1 Å². The van der Waals surface area contributed by atoms with E-state index in [1.54, 1.807) is 13.2 Å². The highest BCUT2D eigenvalue weighted by atomic mass is 32.2. The highest BCUT2D eigenvalue weighted by Gasteiger charge is 2.24. The second-order valence-electron chi connectivity index (χ2n) is 6.31. The van der Waals surface area contributed by atoms with Crippen LogP contribution in [0.15, 0.2) is 69.2 Å². The number of methoxy groups -OCH3 is 1. The first-order chi connectivity index (χ1) is 15.7. The van der Waals surface area contributed by atoms with Gasteiger partial charge in [-0.05, 0) is 34.6 Å². The number of amides is 1. The van der Waals surface area contributed by atoms with E-state index in [1.807, 2.05) is 48.5 Å². The molecule has 0 radical (unpaired) electrons. The van der Waals surface area contributed by atoms with Gasteiger partial charge in [-0.2, -0.15) is 9.78 Å². The summed E-state index contributed by atoms with van der Waals surface area (Å²) in [6, 6.07) is 17.0. The first kappa shape index (κ1) is 21.1. The fraction of sp³-hybridized carbons (Fsp3) is 0.100. The van der Waals surface area contributed by atoms with Gasteiger partial charge in [0.1, 0.15) is 5.75 Å². The zero-order valence-corrected chi connectivity index (χ0v) is 17.7. The Morgan fingerprint density at radius 1 is 1.22 bits per heavy atom. The van der Waals surface area contributed by atoms with Gasteiger partial charge in [0.2, 0.25) is 11.6 Å². The van der Waals surface area contributed by atoms with Gasteiger partial charge in [-0.1, -0.05) is 35.5 Å². The van der Waals surface area contributed by atoms with Gasteiger partial charge < -0.3 is 10.5 Å². The molecule has 0 unspecified atom stereocenters. The molecule has 0 saturated carbocycles. The molecule has 3 N–H and O–H groups in total. The van der Waals surface area contributed by atoms with Crippen molar-refractivity contribution >= 4 is 29.7 Å². The second kappa shape index (κ2) is 9.75. The molecule has 2 heterocycles. The summed E-state index contributed by atoms with van der Waals surface area (Å²) in [4.78, 5) is 13.8. The molecule has 0 aliphatic rings. The Kier molecular flexibility index (Phi) is 6.41. The summed E-state index contributed by atoms with van der Waals surface area (Å²) >= 11 is 1.50. The number of para-hydroxylation sites is 1. The molecule has 0 bridgehead atoms. The molecule has 32 heavy (non-hydrogen) atoms. The zero-order chi connectivity index (χ0) is 22.3. The van der Waals surface area contributed by atoms with Gasteiger partial charge in [0.15, 0.2) is 5.69 Å². The van der Waals surface area contributed by atoms with Crippen LogP contribution in [0.3, 0.4) is 0 Å². The maximum Gasteiger partial charge on any atom is 0.293 e. The van der Waals surface area contributed by atoms with E-state index < -0.39 is 5.91 Å². The molecule has 0 fully saturated rings. The summed E-state index contributed by atoms with van der Waals surface area (Å²) in [5.74, 6) is 0.633. The lowest BCUT2D eigenvalue weighted by Crippen LogP contribution is -2.20. The molecule has 162 valence electrons. The van der Waals surface area contributed by atoms with Crippen LogP contribution in [0.5, 0.6) is 5.75 Å². The number of hydrogen-bond donors (Lipinski definition) is 2. The monoisotopic (exact) mass is 450 g/mol. The van der Waals surface area contributed by atoms with E-state index in [0.29, 0.717) is 22.8 Å². The average Bonchev–Trinajstić information content (AvgIpc) is 3.44. The van der Waals surface area contributed by atoms with Gasteiger partial charge in [-0.3, -0.25) is 4.79 Å². The lowest BCUT2D eigenvalue weighted by atomic mass is 10.2. The minimum Gasteiger partial charge on any atom is -0.496 e. The van der Waals surface area contributed by atoms with E-state index in [9.17, 15) is 4.79 Å². The number of carbonyl (C=O) groups is 1. The van der Waals surface area contributed by atoms with Crippen LogP contribution >= 0.6 is 11.8 Å². The minimum absolute atomic E-state index is 0.0296. The molecule has 12 heteroatoms. The third-order valence-electron chi connectivity index (χ3n) is 4.30. The number of nitrogens with zero attached hydrogens (tertiary/aromatic N) is 6. The Morgan fingerprint density at radius 2 is 2.00 bits per heavy atom. The number of carbonyl (C=O) groups excluding carboxylic acids is 1. The summed E-state index contributed by atoms with van der Waals surface area (Å²) in [5.41, 5.74) is 9.53. The summed E-state index contributed by atoms with van der Waals surface area (Å²) < 4.78 is 11.3. The van der Waals surface area contributed by atoms with E-state index >= 15 is 0 Å². The molecule has 0 aliphatic carbocycles. The minimum atomic E-state index is -0.541. The summed E-state index contributed by atoms with van der Waals surface area (Å²) in [6.07, 6.45) is 1.49. The maximum atomic E-state index is 12.8. The van der Waals surface area contributed by atoms with Gasteiger partial charge in [0, 0.05) is 16.2 Å². The summed E-state index contributed by atoms with van der Waals surface area (Å²) in [6.45, 7) is 0. The van der Waals surface area contributed by atoms with Crippen molar-refractivity contribution in [1.82, 2.24) is 30.7 Å². The van der Waals surface area contributed by atoms with Crippen LogP contribution in [0.2, 0.25) is 0 Å². The number of benzene rings is 2. The molecule has 0 atom stereocenters. The largest absolute Gasteiger partial charge is 0.496 e. The van der Waals surface area contributed by atoms with Crippen LogP contribution in [0.1, 0.15) is 21.7 Å². The van der Waals surface area contributed by atoms with Crippen molar-refractivity contribution in [3.05, 3.63) is 71.5 Å². The Bertz CT molecular complexity index is 1240. The first-order valence-electron chi connectivity index (χ1n) is 9.34. The van der Waals surface area contributed by atoms with E-state index in [1.165, 1.54) is 22.7 Å². The molecular formula is C20H18N8O3S. The normalized spacial score (nSPS) is 11.0. The maximum absolute atomic E-state index is 12.8. The Balaban J connectivity index is 1.58. The SMILES string of the molecule is COc1ccccc1/C=N\NC(=O)c1nnn(-c2nonc2N)c1CSc1ccccc1. The van der Waals surface area contributed by atoms with Crippen LogP contribution < -0.4 is 15.9 Å². The first-order valence-corrected chi connectivity index (χ1v) is 10.3. The predicted octanol–water partition coefficient (Wildman–Crippen LogP) is 2.30. The van der Waals surface area contributed by atoms with E-state index in [0.717, 1.165) is 4.90 Å². The number of anilines is 1. The van der Waals surface area contributed by atoms with Crippen LogP contribution in [0.4, 0.5) is 5.82 Å². The summed E-state index contributed by atoms with van der Waals surface area (Å²) in [5, 5.41) is 19.4. The fourth-order valence-electron chi connectivity index (χ4n) is 2.77. The lowest BCUT2D eigenvalue weighted by Gasteiger charge is -2.06. The Hall–Kier alpha value is -4.19. The molecule has 0 aliphatic heterocycles. The third kappa shape index (κ3) is 4.59. The zero-order valence-electron chi connectivity index (χ0n) is 16.9. The number of thioether (sulfide) groups is 1. The molecule has 4 rings (SSSR count). The van der Waals surface area contributed by atoms with Gasteiger partial charge >= 0.3 is 0 Å². The van der Waals surface area contributed by atoms with Crippen molar-refractivity contribution in [2.45, 2.75) is 10.6 Å². The predicted molar refractivity (Wildman–Crippen MR) is 118 cm³/mol. The highest BCUT2D eigenvalue weighted by molar-refractivity contribution is 7.98. The number of nitrogen functional groups attached to an aromatic ring is 1. The van der Waals surface area contributed by atoms with Gasteiger partial charge in [0.25, 0.3) is 5.91 Å². The topological polar surface area (TPSA) is 146 Å². The standard InChI is InChI=1S/C20H18N8O3S/c1-30-16-10-6-5-7-13(16)11-22-24-20(29)17-15(12-32-14-8-3-2-4-9-14)28(27-23-17)19-18(21)25-31-26-19/h2-11H,12H2,1H3,(H2,21,25)(H,24,29)/b22-11-. The van der Waals surface area contributed by atoms with Crippen molar-refractivity contribution in [3.63, 3.8) is 0 Å². The van der Waals surface area contributed by atoms with Crippen LogP contribution in [0.25, 0.3) is 5.82 Å². The quantitative estimate of drug-likeness (QED) is 0.234. The van der Waals surface area contributed by atoms with Crippen molar-refractivity contribution in [2.75, 3.05) is 12.8 Å². The number of hydrogen-bond acceptors (Lipinski definition) is 10. The van der Waals surface area contributed by atoms with Crippen molar-refractivity contribution in [3.8, 4) is 11.6 Å². The molecule has 11 nitrogen and oxygen atoms in total. The molecule has 0 spiro atoms. The van der Waals surface area contributed by atoms with E-state index in [-0.39, 0.29) is 17.3 Å². The molecule has 1 amide bonds. The third-order valence-corrected chi connectivity index (χ3v) is 5.33. The number of hydrazone groups is 1. The highest BCUT2D eigenvalue weighted by Crippen LogP contribution is 2.25. The van der Waals surface area contributed by atoms with Gasteiger partial charge in [-0.15, -0.1) is 16.9 Å². The molecule has 4 aromatic rings. The second-order valence-corrected chi connectivity index (χ2v) is 7.36. The number of ether oxygens (including phenoxy) is 1. The van der Waals surface area contributed by atoms with Gasteiger partial charge in [0.05, 0.1) is 19.0 Å². The van der Waals surface area contributed by atoms with E-state index in [4.69, 9.17) is 10.5 Å². The van der Waals surface area contributed by atoms with E-state index in [2.05, 4.69) is 35.8 Å². The lowest BCUT2D eigenvalue weighted by molar-refractivity contribution is 0.0949. The number of aromatic nitrogens is 5. The fourth-order valence-corrected chi connectivity index (χ4v) is 3.68. The molecule has 2 aromatic heterocycles. The molecule has 2 aromatic carbocycles.